The number of hydrogen-bond donors (Lipinski definition) is 1. The molecule has 1 aliphatic heterocycles. The Balaban J connectivity index is 2.14. The van der Waals surface area contributed by atoms with Crippen LogP contribution in [0.15, 0.2) is 24.4 Å². The topological polar surface area (TPSA) is 56.7 Å². The van der Waals surface area contributed by atoms with Crippen LogP contribution >= 0.6 is 0 Å². The first-order chi connectivity index (χ1) is 9.13. The van der Waals surface area contributed by atoms with Gasteiger partial charge in [-0.1, -0.05) is 6.07 Å². The van der Waals surface area contributed by atoms with Gasteiger partial charge in [0.25, 0.3) is 0 Å². The quantitative estimate of drug-likeness (QED) is 0.859. The molecule has 5 nitrogen and oxygen atoms in total. The minimum absolute atomic E-state index is 0.0251. The molecule has 104 valence electrons. The maximum absolute atomic E-state index is 12.3. The highest BCUT2D eigenvalue weighted by Crippen LogP contribution is 2.19. The zero-order chi connectivity index (χ0) is 13.8. The minimum atomic E-state index is -0.242. The molecule has 1 aromatic rings. The summed E-state index contributed by atoms with van der Waals surface area (Å²) >= 11 is 0. The molecule has 1 saturated heterocycles. The third kappa shape index (κ3) is 3.11. The van der Waals surface area contributed by atoms with Crippen LogP contribution in [-0.4, -0.2) is 58.1 Å². The van der Waals surface area contributed by atoms with Crippen molar-refractivity contribution in [3.63, 3.8) is 0 Å². The van der Waals surface area contributed by atoms with Crippen molar-refractivity contribution in [2.24, 2.45) is 0 Å². The van der Waals surface area contributed by atoms with Crippen LogP contribution in [0.1, 0.15) is 19.0 Å². The standard InChI is InChI=1S/C14H21N3O2/c1-11-9-17(10-12-5-3-4-7-15-12)13(6-8-18)14(19)16(11)2/h3-5,7,11,13,18H,6,8-10H2,1-2H3. The lowest BCUT2D eigenvalue weighted by atomic mass is 10.0. The van der Waals surface area contributed by atoms with Gasteiger partial charge < -0.3 is 10.0 Å². The van der Waals surface area contributed by atoms with E-state index in [2.05, 4.69) is 9.88 Å². The van der Waals surface area contributed by atoms with Gasteiger partial charge in [-0.15, -0.1) is 0 Å². The summed E-state index contributed by atoms with van der Waals surface area (Å²) in [6.45, 7) is 3.52. The van der Waals surface area contributed by atoms with Crippen LogP contribution in [0.4, 0.5) is 0 Å². The van der Waals surface area contributed by atoms with E-state index in [9.17, 15) is 4.79 Å². The number of aliphatic hydroxyl groups excluding tert-OH is 1. The van der Waals surface area contributed by atoms with Gasteiger partial charge in [0.2, 0.25) is 5.91 Å². The zero-order valence-corrected chi connectivity index (χ0v) is 11.5. The Morgan fingerprint density at radius 1 is 1.47 bits per heavy atom. The number of nitrogens with zero attached hydrogens (tertiary/aromatic N) is 3. The Labute approximate surface area is 113 Å². The van der Waals surface area contributed by atoms with E-state index in [-0.39, 0.29) is 24.6 Å². The Hall–Kier alpha value is -1.46. The lowest BCUT2D eigenvalue weighted by Crippen LogP contribution is -2.59. The highest BCUT2D eigenvalue weighted by atomic mass is 16.3. The molecule has 1 N–H and O–H groups in total. The zero-order valence-electron chi connectivity index (χ0n) is 11.5. The molecule has 5 heteroatoms. The van der Waals surface area contributed by atoms with Gasteiger partial charge in [0.15, 0.2) is 0 Å². The molecule has 0 aliphatic carbocycles. The average Bonchev–Trinajstić information content (AvgIpc) is 2.42. The summed E-state index contributed by atoms with van der Waals surface area (Å²) in [6, 6.07) is 5.74. The normalized spacial score (nSPS) is 24.8. The molecule has 1 fully saturated rings. The summed E-state index contributed by atoms with van der Waals surface area (Å²) in [5, 5.41) is 9.16. The number of aliphatic hydroxyl groups is 1. The van der Waals surface area contributed by atoms with E-state index in [1.54, 1.807) is 11.1 Å². The van der Waals surface area contributed by atoms with Crippen molar-refractivity contribution in [2.45, 2.75) is 32.0 Å². The highest BCUT2D eigenvalue weighted by Gasteiger charge is 2.36. The molecule has 1 amide bonds. The van der Waals surface area contributed by atoms with Crippen molar-refractivity contribution >= 4 is 5.91 Å². The molecular weight excluding hydrogens is 242 g/mol. The van der Waals surface area contributed by atoms with Gasteiger partial charge >= 0.3 is 0 Å². The Morgan fingerprint density at radius 3 is 2.89 bits per heavy atom. The van der Waals surface area contributed by atoms with E-state index >= 15 is 0 Å². The number of hydrogen-bond acceptors (Lipinski definition) is 4. The van der Waals surface area contributed by atoms with E-state index < -0.39 is 0 Å². The molecule has 2 unspecified atom stereocenters. The fraction of sp³-hybridized carbons (Fsp3) is 0.571. The number of piperazine rings is 1. The van der Waals surface area contributed by atoms with E-state index in [0.717, 1.165) is 12.2 Å². The smallest absolute Gasteiger partial charge is 0.240 e. The Morgan fingerprint density at radius 2 is 2.26 bits per heavy atom. The fourth-order valence-electron chi connectivity index (χ4n) is 2.50. The molecule has 2 rings (SSSR count). The number of rotatable bonds is 4. The Kier molecular flexibility index (Phi) is 4.50. The van der Waals surface area contributed by atoms with Crippen molar-refractivity contribution in [3.8, 4) is 0 Å². The molecule has 2 atom stereocenters. The summed E-state index contributed by atoms with van der Waals surface area (Å²) in [7, 11) is 1.83. The van der Waals surface area contributed by atoms with E-state index in [1.807, 2.05) is 32.2 Å². The van der Waals surface area contributed by atoms with Gasteiger partial charge in [-0.25, -0.2) is 0 Å². The third-order valence-electron chi connectivity index (χ3n) is 3.73. The first kappa shape index (κ1) is 14.0. The van der Waals surface area contributed by atoms with Gasteiger partial charge in [0, 0.05) is 39.0 Å². The van der Waals surface area contributed by atoms with E-state index in [4.69, 9.17) is 5.11 Å². The van der Waals surface area contributed by atoms with Crippen LogP contribution in [0.5, 0.6) is 0 Å². The summed E-state index contributed by atoms with van der Waals surface area (Å²) in [5.74, 6) is 0.0868. The highest BCUT2D eigenvalue weighted by molar-refractivity contribution is 5.82. The van der Waals surface area contributed by atoms with Crippen molar-refractivity contribution in [3.05, 3.63) is 30.1 Å². The van der Waals surface area contributed by atoms with Gasteiger partial charge in [0.05, 0.1) is 11.7 Å². The second-order valence-electron chi connectivity index (χ2n) is 5.08. The number of pyridine rings is 1. The molecule has 2 heterocycles. The summed E-state index contributed by atoms with van der Waals surface area (Å²) < 4.78 is 0. The van der Waals surface area contributed by atoms with Crippen LogP contribution in [-0.2, 0) is 11.3 Å². The van der Waals surface area contributed by atoms with Crippen molar-refractivity contribution in [1.29, 1.82) is 0 Å². The van der Waals surface area contributed by atoms with Crippen molar-refractivity contribution < 1.29 is 9.90 Å². The third-order valence-corrected chi connectivity index (χ3v) is 3.73. The molecule has 0 spiro atoms. The second-order valence-corrected chi connectivity index (χ2v) is 5.08. The largest absolute Gasteiger partial charge is 0.396 e. The first-order valence-electron chi connectivity index (χ1n) is 6.65. The SMILES string of the molecule is CC1CN(Cc2ccccn2)C(CCO)C(=O)N1C. The van der Waals surface area contributed by atoms with Crippen molar-refractivity contribution in [1.82, 2.24) is 14.8 Å². The average molecular weight is 263 g/mol. The predicted octanol–water partition coefficient (Wildman–Crippen LogP) is 0.495. The number of likely N-dealkylation sites (N-methyl/N-ethyl adjacent to an activating group) is 1. The lowest BCUT2D eigenvalue weighted by molar-refractivity contribution is -0.144. The van der Waals surface area contributed by atoms with E-state index in [1.165, 1.54) is 0 Å². The maximum Gasteiger partial charge on any atom is 0.240 e. The number of carbonyl (C=O) groups excluding carboxylic acids is 1. The van der Waals surface area contributed by atoms with E-state index in [0.29, 0.717) is 13.0 Å². The van der Waals surface area contributed by atoms with Crippen LogP contribution < -0.4 is 0 Å². The number of carbonyl (C=O) groups is 1. The molecule has 1 aliphatic rings. The minimum Gasteiger partial charge on any atom is -0.396 e. The lowest BCUT2D eigenvalue weighted by Gasteiger charge is -2.42. The first-order valence-corrected chi connectivity index (χ1v) is 6.65. The van der Waals surface area contributed by atoms with Crippen LogP contribution in [0, 0.1) is 0 Å². The summed E-state index contributed by atoms with van der Waals surface area (Å²) in [5.41, 5.74) is 0.954. The molecule has 0 bridgehead atoms. The molecular formula is C14H21N3O2. The number of aromatic nitrogens is 1. The van der Waals surface area contributed by atoms with Gasteiger partial charge in [-0.05, 0) is 25.5 Å². The molecule has 0 aromatic carbocycles. The molecule has 19 heavy (non-hydrogen) atoms. The van der Waals surface area contributed by atoms with Gasteiger partial charge in [-0.3, -0.25) is 14.7 Å². The van der Waals surface area contributed by atoms with Gasteiger partial charge in [-0.2, -0.15) is 0 Å². The van der Waals surface area contributed by atoms with Crippen molar-refractivity contribution in [2.75, 3.05) is 20.2 Å². The maximum atomic E-state index is 12.3. The van der Waals surface area contributed by atoms with Crippen LogP contribution in [0.25, 0.3) is 0 Å². The monoisotopic (exact) mass is 263 g/mol. The second kappa shape index (κ2) is 6.12. The molecule has 0 saturated carbocycles. The summed E-state index contributed by atoms with van der Waals surface area (Å²) in [4.78, 5) is 20.5. The number of amides is 1. The molecule has 0 radical (unpaired) electrons. The Bertz CT molecular complexity index is 424. The van der Waals surface area contributed by atoms with Crippen LogP contribution in [0.3, 0.4) is 0 Å². The fourth-order valence-corrected chi connectivity index (χ4v) is 2.50. The molecule has 1 aromatic heterocycles. The summed E-state index contributed by atoms with van der Waals surface area (Å²) in [6.07, 6.45) is 2.24. The van der Waals surface area contributed by atoms with Gasteiger partial charge in [0.1, 0.15) is 0 Å². The predicted molar refractivity (Wildman–Crippen MR) is 72.4 cm³/mol. The van der Waals surface area contributed by atoms with Crippen LogP contribution in [0.2, 0.25) is 0 Å².